The Balaban J connectivity index is 1.52. The maximum Gasteiger partial charge on any atom is 0.246 e. The maximum atomic E-state index is 14.8. The lowest BCUT2D eigenvalue weighted by Crippen LogP contribution is -2.44. The highest BCUT2D eigenvalue weighted by molar-refractivity contribution is 6.14. The number of aromatic nitrogens is 1. The molecule has 1 atom stereocenters. The predicted molar refractivity (Wildman–Crippen MR) is 127 cm³/mol. The molecule has 2 aromatic carbocycles. The number of piperidine rings is 1. The van der Waals surface area contributed by atoms with Crippen molar-refractivity contribution >= 4 is 17.3 Å². The molecule has 0 radical (unpaired) electrons. The Morgan fingerprint density at radius 1 is 1.15 bits per heavy atom. The number of nitrogens with one attached hydrogen (secondary N) is 2. The summed E-state index contributed by atoms with van der Waals surface area (Å²) in [5.41, 5.74) is 1.33. The number of carbonyl (C=O) groups is 1. The first kappa shape index (κ1) is 22.2. The molecule has 1 aliphatic heterocycles. The largest absolute Gasteiger partial charge is 0.457 e. The van der Waals surface area contributed by atoms with E-state index in [1.165, 1.54) is 12.3 Å². The van der Waals surface area contributed by atoms with Gasteiger partial charge in [0.2, 0.25) is 5.91 Å². The Bertz CT molecular complexity index is 1150. The van der Waals surface area contributed by atoms with Crippen LogP contribution in [0, 0.1) is 11.2 Å². The molecule has 33 heavy (non-hydrogen) atoms. The summed E-state index contributed by atoms with van der Waals surface area (Å²) in [6.07, 6.45) is 5.51. The first-order valence-corrected chi connectivity index (χ1v) is 10.8. The number of rotatable bonds is 7. The third-order valence-corrected chi connectivity index (χ3v) is 5.55. The van der Waals surface area contributed by atoms with Gasteiger partial charge < -0.3 is 15.0 Å². The first-order chi connectivity index (χ1) is 16.0. The van der Waals surface area contributed by atoms with Crippen molar-refractivity contribution in [2.45, 2.75) is 18.9 Å². The standard InChI is InChI=1S/C26H25FN4O2/c1-2-24(32)31-14-6-7-19(17-31)30-26-22(15-29-16-23(26)27)25(28)18-10-12-21(13-11-18)33-20-8-4-3-5-9-20/h2-5,8-13,15-16,19,28H,1,6-7,14,17H2,(H,29,30). The van der Waals surface area contributed by atoms with Crippen molar-refractivity contribution in [2.24, 2.45) is 0 Å². The van der Waals surface area contributed by atoms with Crippen molar-refractivity contribution in [3.63, 3.8) is 0 Å². The van der Waals surface area contributed by atoms with Gasteiger partial charge >= 0.3 is 0 Å². The van der Waals surface area contributed by atoms with E-state index in [9.17, 15) is 9.18 Å². The van der Waals surface area contributed by atoms with E-state index in [4.69, 9.17) is 10.1 Å². The summed E-state index contributed by atoms with van der Waals surface area (Å²) in [6, 6.07) is 16.4. The number of nitrogens with zero attached hydrogens (tertiary/aromatic N) is 2. The maximum absolute atomic E-state index is 14.8. The monoisotopic (exact) mass is 444 g/mol. The normalized spacial score (nSPS) is 15.5. The average molecular weight is 445 g/mol. The van der Waals surface area contributed by atoms with E-state index in [1.54, 1.807) is 29.2 Å². The number of amides is 1. The van der Waals surface area contributed by atoms with Crippen LogP contribution in [0.3, 0.4) is 0 Å². The molecule has 7 heteroatoms. The molecule has 0 spiro atoms. The second-order valence-corrected chi connectivity index (χ2v) is 7.83. The van der Waals surface area contributed by atoms with E-state index >= 15 is 0 Å². The predicted octanol–water partition coefficient (Wildman–Crippen LogP) is 5.02. The number of carbonyl (C=O) groups excluding carboxylic acids is 1. The molecule has 1 saturated heterocycles. The Hall–Kier alpha value is -4.00. The second kappa shape index (κ2) is 10.1. The molecule has 0 bridgehead atoms. The number of likely N-dealkylation sites (tertiary alicyclic amines) is 1. The van der Waals surface area contributed by atoms with E-state index in [0.717, 1.165) is 24.8 Å². The van der Waals surface area contributed by atoms with E-state index < -0.39 is 5.82 Å². The fraction of sp³-hybridized carbons (Fsp3) is 0.192. The summed E-state index contributed by atoms with van der Waals surface area (Å²) in [6.45, 7) is 4.65. The molecule has 1 unspecified atom stereocenters. The number of halogens is 1. The Labute approximate surface area is 192 Å². The topological polar surface area (TPSA) is 78.3 Å². The molecule has 0 saturated carbocycles. The molecule has 2 N–H and O–H groups in total. The molecular formula is C26H25FN4O2. The second-order valence-electron chi connectivity index (χ2n) is 7.83. The molecule has 2 heterocycles. The van der Waals surface area contributed by atoms with Crippen molar-refractivity contribution in [1.82, 2.24) is 9.88 Å². The fourth-order valence-electron chi connectivity index (χ4n) is 3.87. The van der Waals surface area contributed by atoms with Crippen molar-refractivity contribution < 1.29 is 13.9 Å². The van der Waals surface area contributed by atoms with Gasteiger partial charge in [-0.3, -0.25) is 15.2 Å². The van der Waals surface area contributed by atoms with Crippen LogP contribution in [-0.2, 0) is 4.79 Å². The van der Waals surface area contributed by atoms with Crippen molar-refractivity contribution in [3.05, 3.63) is 96.6 Å². The quantitative estimate of drug-likeness (QED) is 0.396. The van der Waals surface area contributed by atoms with Crippen molar-refractivity contribution in [3.8, 4) is 11.5 Å². The van der Waals surface area contributed by atoms with Crippen LogP contribution in [0.1, 0.15) is 24.0 Å². The number of para-hydroxylation sites is 1. The number of benzene rings is 2. The molecule has 1 aromatic heterocycles. The van der Waals surface area contributed by atoms with E-state index in [2.05, 4.69) is 16.9 Å². The third-order valence-electron chi connectivity index (χ3n) is 5.55. The summed E-state index contributed by atoms with van der Waals surface area (Å²) < 4.78 is 20.6. The van der Waals surface area contributed by atoms with Crippen LogP contribution in [0.4, 0.5) is 10.1 Å². The van der Waals surface area contributed by atoms with E-state index in [0.29, 0.717) is 30.0 Å². The first-order valence-electron chi connectivity index (χ1n) is 10.8. The van der Waals surface area contributed by atoms with Crippen molar-refractivity contribution in [2.75, 3.05) is 18.4 Å². The molecule has 1 fully saturated rings. The lowest BCUT2D eigenvalue weighted by atomic mass is 10.0. The highest BCUT2D eigenvalue weighted by atomic mass is 19.1. The van der Waals surface area contributed by atoms with E-state index in [1.807, 2.05) is 30.3 Å². The molecule has 1 aliphatic rings. The van der Waals surface area contributed by atoms with Crippen LogP contribution < -0.4 is 10.1 Å². The average Bonchev–Trinajstić information content (AvgIpc) is 2.85. The molecule has 3 aromatic rings. The number of pyridine rings is 1. The Morgan fingerprint density at radius 2 is 1.88 bits per heavy atom. The lowest BCUT2D eigenvalue weighted by Gasteiger charge is -2.33. The van der Waals surface area contributed by atoms with Crippen LogP contribution in [0.2, 0.25) is 0 Å². The summed E-state index contributed by atoms with van der Waals surface area (Å²) in [4.78, 5) is 17.6. The smallest absolute Gasteiger partial charge is 0.246 e. The fourth-order valence-corrected chi connectivity index (χ4v) is 3.87. The number of hydrogen-bond donors (Lipinski definition) is 2. The third kappa shape index (κ3) is 5.26. The molecular weight excluding hydrogens is 419 g/mol. The minimum atomic E-state index is -0.534. The van der Waals surface area contributed by atoms with Crippen LogP contribution in [0.5, 0.6) is 11.5 Å². The number of anilines is 1. The molecule has 1 amide bonds. The zero-order valence-corrected chi connectivity index (χ0v) is 18.1. The molecule has 0 aliphatic carbocycles. The lowest BCUT2D eigenvalue weighted by molar-refractivity contribution is -0.127. The zero-order chi connectivity index (χ0) is 23.2. The van der Waals surface area contributed by atoms with Crippen LogP contribution in [-0.4, -0.2) is 40.6 Å². The van der Waals surface area contributed by atoms with Gasteiger partial charge in [-0.1, -0.05) is 24.8 Å². The van der Waals surface area contributed by atoms with Gasteiger partial charge in [0.1, 0.15) is 11.5 Å². The Kier molecular flexibility index (Phi) is 6.78. The van der Waals surface area contributed by atoms with Gasteiger partial charge in [0.05, 0.1) is 17.6 Å². The van der Waals surface area contributed by atoms with Gasteiger partial charge in [-0.25, -0.2) is 4.39 Å². The van der Waals surface area contributed by atoms with Crippen molar-refractivity contribution in [1.29, 1.82) is 5.41 Å². The molecule has 168 valence electrons. The van der Waals surface area contributed by atoms with Crippen LogP contribution >= 0.6 is 0 Å². The van der Waals surface area contributed by atoms with Gasteiger partial charge in [-0.05, 0) is 55.3 Å². The summed E-state index contributed by atoms with van der Waals surface area (Å²) in [5, 5.41) is 11.9. The summed E-state index contributed by atoms with van der Waals surface area (Å²) >= 11 is 0. The SMILES string of the molecule is C=CC(=O)N1CCCC(Nc2c(F)cncc2C(=N)c2ccc(Oc3ccccc3)cc2)C1. The van der Waals surface area contributed by atoms with Gasteiger partial charge in [-0.2, -0.15) is 0 Å². The van der Waals surface area contributed by atoms with Crippen LogP contribution in [0.15, 0.2) is 79.6 Å². The number of ether oxygens (including phenoxy) is 1. The van der Waals surface area contributed by atoms with Gasteiger partial charge in [-0.15, -0.1) is 0 Å². The summed E-state index contributed by atoms with van der Waals surface area (Å²) in [5.74, 6) is 0.691. The van der Waals surface area contributed by atoms with Gasteiger partial charge in [0, 0.05) is 36.5 Å². The Morgan fingerprint density at radius 3 is 2.61 bits per heavy atom. The zero-order valence-electron chi connectivity index (χ0n) is 18.1. The number of hydrogen-bond acceptors (Lipinski definition) is 5. The highest BCUT2D eigenvalue weighted by Gasteiger charge is 2.24. The molecule has 4 rings (SSSR count). The van der Waals surface area contributed by atoms with Gasteiger partial charge in [0.15, 0.2) is 5.82 Å². The van der Waals surface area contributed by atoms with Crippen LogP contribution in [0.25, 0.3) is 0 Å². The minimum Gasteiger partial charge on any atom is -0.457 e. The van der Waals surface area contributed by atoms with E-state index in [-0.39, 0.29) is 23.3 Å². The summed E-state index contributed by atoms with van der Waals surface area (Å²) in [7, 11) is 0. The molecule has 6 nitrogen and oxygen atoms in total. The minimum absolute atomic E-state index is 0.132. The van der Waals surface area contributed by atoms with Gasteiger partial charge in [0.25, 0.3) is 0 Å². The highest BCUT2D eigenvalue weighted by Crippen LogP contribution is 2.27.